The Morgan fingerprint density at radius 3 is 2.78 bits per heavy atom. The molecule has 1 saturated heterocycles. The standard InChI is InChI=1S/C12H17N3O2S/c1-12(2)8-14(3-4-18-12)10-5-9(13)6-11(7-10)15(16)17/h5-7H,3-4,8,13H2,1-2H3. The van der Waals surface area contributed by atoms with E-state index in [4.69, 9.17) is 5.73 Å². The van der Waals surface area contributed by atoms with E-state index in [-0.39, 0.29) is 10.4 Å². The second kappa shape index (κ2) is 4.68. The van der Waals surface area contributed by atoms with Crippen LogP contribution in [-0.2, 0) is 0 Å². The highest BCUT2D eigenvalue weighted by molar-refractivity contribution is 8.00. The molecule has 0 unspecified atom stereocenters. The first-order valence-electron chi connectivity index (χ1n) is 5.81. The van der Waals surface area contributed by atoms with Crippen LogP contribution < -0.4 is 10.6 Å². The summed E-state index contributed by atoms with van der Waals surface area (Å²) in [4.78, 5) is 12.6. The van der Waals surface area contributed by atoms with Gasteiger partial charge in [-0.3, -0.25) is 10.1 Å². The number of nitrogens with zero attached hydrogens (tertiary/aromatic N) is 2. The third-order valence-electron chi connectivity index (χ3n) is 2.93. The summed E-state index contributed by atoms with van der Waals surface area (Å²) < 4.78 is 0.164. The van der Waals surface area contributed by atoms with Gasteiger partial charge in [0.1, 0.15) is 0 Å². The average Bonchev–Trinajstić information content (AvgIpc) is 2.26. The summed E-state index contributed by atoms with van der Waals surface area (Å²) in [5.41, 5.74) is 7.07. The molecule has 0 aliphatic carbocycles. The Hall–Kier alpha value is -1.43. The summed E-state index contributed by atoms with van der Waals surface area (Å²) in [5, 5.41) is 10.8. The van der Waals surface area contributed by atoms with Crippen molar-refractivity contribution in [3.8, 4) is 0 Å². The van der Waals surface area contributed by atoms with Gasteiger partial charge in [0.15, 0.2) is 0 Å². The minimum Gasteiger partial charge on any atom is -0.398 e. The molecule has 5 nitrogen and oxygen atoms in total. The van der Waals surface area contributed by atoms with Gasteiger partial charge in [-0.1, -0.05) is 0 Å². The molecule has 0 radical (unpaired) electrons. The van der Waals surface area contributed by atoms with E-state index in [0.717, 1.165) is 24.5 Å². The number of hydrogen-bond acceptors (Lipinski definition) is 5. The minimum atomic E-state index is -0.399. The largest absolute Gasteiger partial charge is 0.398 e. The van der Waals surface area contributed by atoms with Gasteiger partial charge in [-0.2, -0.15) is 11.8 Å². The molecule has 0 aromatic heterocycles. The zero-order chi connectivity index (χ0) is 13.3. The Bertz CT molecular complexity index is 476. The summed E-state index contributed by atoms with van der Waals surface area (Å²) in [6.07, 6.45) is 0. The summed E-state index contributed by atoms with van der Waals surface area (Å²) in [5.74, 6) is 1.02. The van der Waals surface area contributed by atoms with Crippen molar-refractivity contribution in [1.29, 1.82) is 0 Å². The molecule has 0 atom stereocenters. The van der Waals surface area contributed by atoms with Crippen LogP contribution in [-0.4, -0.2) is 28.5 Å². The van der Waals surface area contributed by atoms with Gasteiger partial charge in [-0.15, -0.1) is 0 Å². The van der Waals surface area contributed by atoms with Crippen LogP contribution in [0.2, 0.25) is 0 Å². The highest BCUT2D eigenvalue weighted by Crippen LogP contribution is 2.34. The molecule has 18 heavy (non-hydrogen) atoms. The molecule has 2 rings (SSSR count). The Balaban J connectivity index is 2.30. The number of nitro benzene ring substituents is 1. The molecule has 1 fully saturated rings. The lowest BCUT2D eigenvalue weighted by Crippen LogP contribution is -2.43. The topological polar surface area (TPSA) is 72.4 Å². The number of hydrogen-bond donors (Lipinski definition) is 1. The van der Waals surface area contributed by atoms with Crippen molar-refractivity contribution in [2.24, 2.45) is 0 Å². The van der Waals surface area contributed by atoms with Crippen LogP contribution >= 0.6 is 11.8 Å². The first kappa shape index (κ1) is 13.0. The zero-order valence-corrected chi connectivity index (χ0v) is 11.4. The third kappa shape index (κ3) is 2.87. The van der Waals surface area contributed by atoms with Crippen molar-refractivity contribution >= 4 is 28.8 Å². The van der Waals surface area contributed by atoms with Gasteiger partial charge >= 0.3 is 0 Å². The maximum atomic E-state index is 10.8. The van der Waals surface area contributed by atoms with Gasteiger partial charge in [0.25, 0.3) is 5.69 Å². The van der Waals surface area contributed by atoms with Crippen molar-refractivity contribution in [1.82, 2.24) is 0 Å². The fraction of sp³-hybridized carbons (Fsp3) is 0.500. The number of anilines is 2. The molecule has 98 valence electrons. The Kier molecular flexibility index (Phi) is 3.38. The lowest BCUT2D eigenvalue weighted by Gasteiger charge is -2.38. The first-order valence-corrected chi connectivity index (χ1v) is 6.80. The van der Waals surface area contributed by atoms with Crippen molar-refractivity contribution in [2.75, 3.05) is 29.5 Å². The summed E-state index contributed by atoms with van der Waals surface area (Å²) in [7, 11) is 0. The molecule has 1 heterocycles. The smallest absolute Gasteiger partial charge is 0.273 e. The van der Waals surface area contributed by atoms with Crippen molar-refractivity contribution in [3.05, 3.63) is 28.3 Å². The van der Waals surface area contributed by atoms with Crippen molar-refractivity contribution in [3.63, 3.8) is 0 Å². The van der Waals surface area contributed by atoms with Crippen LogP contribution in [0, 0.1) is 10.1 Å². The van der Waals surface area contributed by atoms with Crippen LogP contribution in [0.25, 0.3) is 0 Å². The van der Waals surface area contributed by atoms with Crippen molar-refractivity contribution in [2.45, 2.75) is 18.6 Å². The molecular formula is C12H17N3O2S. The highest BCUT2D eigenvalue weighted by atomic mass is 32.2. The second-order valence-electron chi connectivity index (χ2n) is 5.07. The van der Waals surface area contributed by atoms with E-state index >= 15 is 0 Å². The van der Waals surface area contributed by atoms with E-state index in [1.807, 2.05) is 11.8 Å². The number of nitrogens with two attached hydrogens (primary N) is 1. The molecule has 0 saturated carbocycles. The predicted octanol–water partition coefficient (Wildman–Crippen LogP) is 2.51. The molecule has 1 aliphatic rings. The third-order valence-corrected chi connectivity index (χ3v) is 4.22. The van der Waals surface area contributed by atoms with Crippen LogP contribution in [0.1, 0.15) is 13.8 Å². The van der Waals surface area contributed by atoms with E-state index in [0.29, 0.717) is 5.69 Å². The van der Waals surface area contributed by atoms with Crippen LogP contribution in [0.3, 0.4) is 0 Å². The monoisotopic (exact) mass is 267 g/mol. The molecule has 1 aromatic rings. The Morgan fingerprint density at radius 1 is 1.44 bits per heavy atom. The lowest BCUT2D eigenvalue weighted by atomic mass is 10.1. The van der Waals surface area contributed by atoms with E-state index in [1.165, 1.54) is 6.07 Å². The number of benzene rings is 1. The lowest BCUT2D eigenvalue weighted by molar-refractivity contribution is -0.384. The van der Waals surface area contributed by atoms with Crippen molar-refractivity contribution < 1.29 is 4.92 Å². The maximum Gasteiger partial charge on any atom is 0.273 e. The average molecular weight is 267 g/mol. The van der Waals surface area contributed by atoms with Gasteiger partial charge in [0.05, 0.1) is 4.92 Å². The summed E-state index contributed by atoms with van der Waals surface area (Å²) in [6, 6.07) is 4.80. The van der Waals surface area contributed by atoms with Crippen LogP contribution in [0.15, 0.2) is 18.2 Å². The zero-order valence-electron chi connectivity index (χ0n) is 10.5. The molecule has 2 N–H and O–H groups in total. The number of nitrogen functional groups attached to an aromatic ring is 1. The SMILES string of the molecule is CC1(C)CN(c2cc(N)cc([N+](=O)[O-])c2)CCS1. The predicted molar refractivity (Wildman–Crippen MR) is 76.3 cm³/mol. The minimum absolute atomic E-state index is 0.0565. The van der Waals surface area contributed by atoms with E-state index in [9.17, 15) is 10.1 Å². The molecule has 0 bridgehead atoms. The highest BCUT2D eigenvalue weighted by Gasteiger charge is 2.27. The van der Waals surface area contributed by atoms with E-state index in [2.05, 4.69) is 18.7 Å². The Morgan fingerprint density at radius 2 is 2.17 bits per heavy atom. The number of non-ortho nitro benzene ring substituents is 1. The molecule has 0 amide bonds. The molecule has 1 aromatic carbocycles. The van der Waals surface area contributed by atoms with Gasteiger partial charge in [0.2, 0.25) is 0 Å². The maximum absolute atomic E-state index is 10.8. The molecule has 0 spiro atoms. The number of nitro groups is 1. The quantitative estimate of drug-likeness (QED) is 0.506. The van der Waals surface area contributed by atoms with Crippen LogP contribution in [0.5, 0.6) is 0 Å². The fourth-order valence-corrected chi connectivity index (χ4v) is 3.25. The fourth-order valence-electron chi connectivity index (χ4n) is 2.14. The van der Waals surface area contributed by atoms with Gasteiger partial charge in [-0.05, 0) is 19.9 Å². The van der Waals surface area contributed by atoms with Crippen LogP contribution in [0.4, 0.5) is 17.1 Å². The molecular weight excluding hydrogens is 250 g/mol. The molecule has 1 aliphatic heterocycles. The molecule has 6 heteroatoms. The first-order chi connectivity index (χ1) is 8.37. The summed E-state index contributed by atoms with van der Waals surface area (Å²) >= 11 is 1.93. The van der Waals surface area contributed by atoms with E-state index in [1.54, 1.807) is 12.1 Å². The Labute approximate surface area is 110 Å². The van der Waals surface area contributed by atoms with Gasteiger partial charge in [-0.25, -0.2) is 0 Å². The number of thioether (sulfide) groups is 1. The summed E-state index contributed by atoms with van der Waals surface area (Å²) in [6.45, 7) is 6.14. The van der Waals surface area contributed by atoms with Gasteiger partial charge < -0.3 is 10.6 Å². The normalized spacial score (nSPS) is 18.7. The van der Waals surface area contributed by atoms with E-state index < -0.39 is 4.92 Å². The number of rotatable bonds is 2. The van der Waals surface area contributed by atoms with Gasteiger partial charge in [0, 0.05) is 47.1 Å². The second-order valence-corrected chi connectivity index (χ2v) is 6.87.